The predicted octanol–water partition coefficient (Wildman–Crippen LogP) is 1.44. The van der Waals surface area contributed by atoms with Crippen molar-refractivity contribution < 1.29 is 5.11 Å². The molecule has 0 aliphatic rings. The highest BCUT2D eigenvalue weighted by molar-refractivity contribution is 5.79. The molecule has 0 unspecified atom stereocenters. The molecule has 0 aliphatic heterocycles. The summed E-state index contributed by atoms with van der Waals surface area (Å²) < 4.78 is 0. The van der Waals surface area contributed by atoms with Gasteiger partial charge in [-0.25, -0.2) is 0 Å². The van der Waals surface area contributed by atoms with Gasteiger partial charge in [0, 0.05) is 13.3 Å². The second kappa shape index (κ2) is 3.01. The standard InChI is InChI=1S/C8H9NO/c1-9-6-7-2-4-8(10)5-3-7/h2-6,10H,1H3/b9-6+. The van der Waals surface area contributed by atoms with E-state index in [1.54, 1.807) is 25.4 Å². The highest BCUT2D eigenvalue weighted by atomic mass is 16.3. The third kappa shape index (κ3) is 1.58. The second-order valence-corrected chi connectivity index (χ2v) is 1.98. The van der Waals surface area contributed by atoms with Gasteiger partial charge in [-0.05, 0) is 29.8 Å². The number of hydrogen-bond acceptors (Lipinski definition) is 2. The first-order valence-corrected chi connectivity index (χ1v) is 3.04. The van der Waals surface area contributed by atoms with Crippen molar-refractivity contribution in [3.05, 3.63) is 29.8 Å². The van der Waals surface area contributed by atoms with Gasteiger partial charge in [0.05, 0.1) is 0 Å². The lowest BCUT2D eigenvalue weighted by Crippen LogP contribution is -1.77. The summed E-state index contributed by atoms with van der Waals surface area (Å²) >= 11 is 0. The van der Waals surface area contributed by atoms with Gasteiger partial charge in [0.1, 0.15) is 5.75 Å². The van der Waals surface area contributed by atoms with E-state index in [0.29, 0.717) is 0 Å². The highest BCUT2D eigenvalue weighted by Gasteiger charge is 1.86. The maximum atomic E-state index is 8.88. The number of aromatic hydroxyl groups is 1. The van der Waals surface area contributed by atoms with Crippen molar-refractivity contribution >= 4 is 6.21 Å². The van der Waals surface area contributed by atoms with E-state index in [0.717, 1.165) is 5.56 Å². The zero-order valence-corrected chi connectivity index (χ0v) is 5.78. The smallest absolute Gasteiger partial charge is 0.115 e. The van der Waals surface area contributed by atoms with E-state index in [-0.39, 0.29) is 5.75 Å². The van der Waals surface area contributed by atoms with Crippen LogP contribution in [-0.2, 0) is 0 Å². The van der Waals surface area contributed by atoms with Gasteiger partial charge in [0.15, 0.2) is 0 Å². The number of nitrogens with zero attached hydrogens (tertiary/aromatic N) is 1. The first-order chi connectivity index (χ1) is 4.83. The molecule has 0 saturated carbocycles. The Bertz CT molecular complexity index is 226. The topological polar surface area (TPSA) is 32.6 Å². The highest BCUT2D eigenvalue weighted by Crippen LogP contribution is 2.07. The summed E-state index contributed by atoms with van der Waals surface area (Å²) in [5, 5.41) is 8.88. The van der Waals surface area contributed by atoms with Crippen LogP contribution in [0.1, 0.15) is 5.56 Å². The van der Waals surface area contributed by atoms with Crippen LogP contribution < -0.4 is 0 Å². The number of phenols is 1. The first kappa shape index (κ1) is 6.81. The average molecular weight is 135 g/mol. The molecule has 1 rings (SSSR count). The lowest BCUT2D eigenvalue weighted by molar-refractivity contribution is 0.475. The van der Waals surface area contributed by atoms with Gasteiger partial charge < -0.3 is 5.11 Å². The number of hydrogen-bond donors (Lipinski definition) is 1. The zero-order valence-electron chi connectivity index (χ0n) is 5.78. The van der Waals surface area contributed by atoms with Crippen LogP contribution in [0.3, 0.4) is 0 Å². The Hall–Kier alpha value is -1.31. The lowest BCUT2D eigenvalue weighted by atomic mass is 10.2. The largest absolute Gasteiger partial charge is 0.508 e. The van der Waals surface area contributed by atoms with Crippen LogP contribution in [0.2, 0.25) is 0 Å². The number of rotatable bonds is 1. The molecule has 0 aliphatic carbocycles. The number of phenolic OH excluding ortho intramolecular Hbond substituents is 1. The van der Waals surface area contributed by atoms with Crippen LogP contribution in [0.15, 0.2) is 29.3 Å². The van der Waals surface area contributed by atoms with Crippen molar-refractivity contribution in [1.29, 1.82) is 0 Å². The SMILES string of the molecule is C/N=C/c1ccc(O)cc1. The fourth-order valence-electron chi connectivity index (χ4n) is 0.709. The van der Waals surface area contributed by atoms with Gasteiger partial charge >= 0.3 is 0 Å². The van der Waals surface area contributed by atoms with Crippen molar-refractivity contribution in [3.8, 4) is 5.75 Å². The maximum absolute atomic E-state index is 8.88. The van der Waals surface area contributed by atoms with Gasteiger partial charge in [-0.15, -0.1) is 0 Å². The lowest BCUT2D eigenvalue weighted by Gasteiger charge is -1.91. The molecular weight excluding hydrogens is 126 g/mol. The molecular formula is C8H9NO. The van der Waals surface area contributed by atoms with Gasteiger partial charge in [-0.1, -0.05) is 0 Å². The van der Waals surface area contributed by atoms with E-state index < -0.39 is 0 Å². The summed E-state index contributed by atoms with van der Waals surface area (Å²) in [4.78, 5) is 3.83. The van der Waals surface area contributed by atoms with Crippen LogP contribution in [0.4, 0.5) is 0 Å². The third-order valence-electron chi connectivity index (χ3n) is 1.17. The van der Waals surface area contributed by atoms with E-state index in [2.05, 4.69) is 4.99 Å². The molecule has 1 N–H and O–H groups in total. The molecule has 0 heterocycles. The monoisotopic (exact) mass is 135 g/mol. The minimum absolute atomic E-state index is 0.285. The number of aliphatic imine (C=N–C) groups is 1. The minimum atomic E-state index is 0.285. The molecule has 0 bridgehead atoms. The van der Waals surface area contributed by atoms with E-state index in [4.69, 9.17) is 5.11 Å². The average Bonchev–Trinajstić information content (AvgIpc) is 1.95. The molecule has 0 saturated heterocycles. The molecule has 0 atom stereocenters. The summed E-state index contributed by atoms with van der Waals surface area (Å²) in [7, 11) is 1.72. The predicted molar refractivity (Wildman–Crippen MR) is 41.6 cm³/mol. The molecule has 52 valence electrons. The molecule has 10 heavy (non-hydrogen) atoms. The Morgan fingerprint density at radius 3 is 2.40 bits per heavy atom. The van der Waals surface area contributed by atoms with E-state index >= 15 is 0 Å². The summed E-state index contributed by atoms with van der Waals surface area (Å²) in [5.41, 5.74) is 1.00. The molecule has 2 nitrogen and oxygen atoms in total. The Morgan fingerprint density at radius 2 is 1.90 bits per heavy atom. The Labute approximate surface area is 59.9 Å². The Kier molecular flexibility index (Phi) is 2.05. The van der Waals surface area contributed by atoms with Gasteiger partial charge in [-0.2, -0.15) is 0 Å². The quantitative estimate of drug-likeness (QED) is 0.580. The molecule has 1 aromatic rings. The molecule has 1 aromatic carbocycles. The summed E-state index contributed by atoms with van der Waals surface area (Å²) in [6.45, 7) is 0. The fourth-order valence-corrected chi connectivity index (χ4v) is 0.709. The van der Waals surface area contributed by atoms with Crippen LogP contribution in [-0.4, -0.2) is 18.4 Å². The van der Waals surface area contributed by atoms with Gasteiger partial charge in [0.2, 0.25) is 0 Å². The van der Waals surface area contributed by atoms with E-state index in [1.165, 1.54) is 0 Å². The van der Waals surface area contributed by atoms with Crippen molar-refractivity contribution in [2.75, 3.05) is 7.05 Å². The van der Waals surface area contributed by atoms with Crippen molar-refractivity contribution in [2.24, 2.45) is 4.99 Å². The molecule has 0 amide bonds. The zero-order chi connectivity index (χ0) is 7.40. The fraction of sp³-hybridized carbons (Fsp3) is 0.125. The first-order valence-electron chi connectivity index (χ1n) is 3.04. The molecule has 0 aromatic heterocycles. The molecule has 2 heteroatoms. The third-order valence-corrected chi connectivity index (χ3v) is 1.17. The van der Waals surface area contributed by atoms with Crippen LogP contribution in [0.25, 0.3) is 0 Å². The van der Waals surface area contributed by atoms with Crippen LogP contribution in [0.5, 0.6) is 5.75 Å². The molecule has 0 spiro atoms. The second-order valence-electron chi connectivity index (χ2n) is 1.98. The Balaban J connectivity index is 2.89. The van der Waals surface area contributed by atoms with Crippen molar-refractivity contribution in [2.45, 2.75) is 0 Å². The molecule has 0 radical (unpaired) electrons. The van der Waals surface area contributed by atoms with Gasteiger partial charge in [0.25, 0.3) is 0 Å². The Morgan fingerprint density at radius 1 is 1.30 bits per heavy atom. The van der Waals surface area contributed by atoms with Gasteiger partial charge in [-0.3, -0.25) is 4.99 Å². The van der Waals surface area contributed by atoms with Crippen LogP contribution >= 0.6 is 0 Å². The van der Waals surface area contributed by atoms with Crippen LogP contribution in [0, 0.1) is 0 Å². The summed E-state index contributed by atoms with van der Waals surface area (Å²) in [6, 6.07) is 6.89. The summed E-state index contributed by atoms with van der Waals surface area (Å²) in [5.74, 6) is 0.285. The minimum Gasteiger partial charge on any atom is -0.508 e. The van der Waals surface area contributed by atoms with Crippen molar-refractivity contribution in [1.82, 2.24) is 0 Å². The summed E-state index contributed by atoms with van der Waals surface area (Å²) in [6.07, 6.45) is 1.74. The molecule has 0 fully saturated rings. The normalized spacial score (nSPS) is 10.5. The van der Waals surface area contributed by atoms with Crippen molar-refractivity contribution in [3.63, 3.8) is 0 Å². The maximum Gasteiger partial charge on any atom is 0.115 e. The van der Waals surface area contributed by atoms with E-state index in [9.17, 15) is 0 Å². The van der Waals surface area contributed by atoms with E-state index in [1.807, 2.05) is 12.1 Å². The number of benzene rings is 1.